The molecular weight excluding hydrogens is 122 g/mol. The Kier molecular flexibility index (Phi) is 4.00. The summed E-state index contributed by atoms with van der Waals surface area (Å²) in [5, 5.41) is 7.68. The molecule has 0 saturated heterocycles. The van der Waals surface area contributed by atoms with Gasteiger partial charge in [-0.3, -0.25) is 4.79 Å². The average Bonchev–Trinajstić information content (AvgIpc) is 1.66. The Morgan fingerprint density at radius 3 is 2.88 bits per heavy atom. The highest BCUT2D eigenvalue weighted by Gasteiger charge is 1.84. The summed E-state index contributed by atoms with van der Waals surface area (Å²) in [5.74, 6) is 0. The van der Waals surface area contributed by atoms with Gasteiger partial charge in [0.25, 0.3) is 0 Å². The molecule has 0 aromatic carbocycles. The van der Waals surface area contributed by atoms with Crippen LogP contribution >= 0.6 is 12.6 Å². The first kappa shape index (κ1) is 7.25. The molecule has 0 radical (unpaired) electrons. The third kappa shape index (κ3) is 5.25. The van der Waals surface area contributed by atoms with Crippen LogP contribution in [-0.4, -0.2) is 5.12 Å². The van der Waals surface area contributed by atoms with E-state index in [1.165, 1.54) is 12.2 Å². The monoisotopic (exact) mass is 127 g/mol. The van der Waals surface area contributed by atoms with Gasteiger partial charge in [0.2, 0.25) is 0 Å². The largest absolute Gasteiger partial charge is 0.287 e. The fourth-order valence-corrected chi connectivity index (χ4v) is 0.318. The molecule has 8 heavy (non-hydrogen) atoms. The molecule has 0 heterocycles. The lowest BCUT2D eigenvalue weighted by Gasteiger charge is -1.76. The zero-order chi connectivity index (χ0) is 6.41. The van der Waals surface area contributed by atoms with Gasteiger partial charge in [-0.2, -0.15) is 5.26 Å². The first-order chi connectivity index (χ1) is 3.77. The van der Waals surface area contributed by atoms with Crippen molar-refractivity contribution in [3.05, 3.63) is 12.2 Å². The normalized spacial score (nSPS) is 9.00. The van der Waals surface area contributed by atoms with Crippen molar-refractivity contribution < 1.29 is 4.79 Å². The molecule has 0 bridgehead atoms. The van der Waals surface area contributed by atoms with Gasteiger partial charge in [-0.05, 0) is 0 Å². The first-order valence-corrected chi connectivity index (χ1v) is 2.48. The smallest absolute Gasteiger partial charge is 0.189 e. The first-order valence-electron chi connectivity index (χ1n) is 2.04. The predicted octanol–water partition coefficient (Wildman–Crippen LogP) is 0.913. The standard InChI is InChI=1S/C5H5NOS/c6-4-2-1-3-5(7)8/h1-2H,3H2,(H,7,8). The molecule has 0 unspecified atom stereocenters. The second-order valence-corrected chi connectivity index (χ2v) is 1.63. The van der Waals surface area contributed by atoms with E-state index in [1.54, 1.807) is 6.07 Å². The van der Waals surface area contributed by atoms with Crippen LogP contribution in [0, 0.1) is 11.3 Å². The lowest BCUT2D eigenvalue weighted by Crippen LogP contribution is -1.78. The molecule has 0 spiro atoms. The van der Waals surface area contributed by atoms with E-state index in [1.807, 2.05) is 0 Å². The van der Waals surface area contributed by atoms with Crippen LogP contribution in [-0.2, 0) is 4.79 Å². The van der Waals surface area contributed by atoms with Crippen molar-refractivity contribution in [1.82, 2.24) is 0 Å². The number of nitriles is 1. The molecule has 2 nitrogen and oxygen atoms in total. The third-order valence-electron chi connectivity index (χ3n) is 0.485. The van der Waals surface area contributed by atoms with Crippen LogP contribution in [0.15, 0.2) is 12.2 Å². The number of rotatable bonds is 2. The summed E-state index contributed by atoms with van der Waals surface area (Å²) in [7, 11) is 0. The maximum Gasteiger partial charge on any atom is 0.189 e. The van der Waals surface area contributed by atoms with Gasteiger partial charge in [0.05, 0.1) is 6.07 Å². The lowest BCUT2D eigenvalue weighted by atomic mass is 10.4. The van der Waals surface area contributed by atoms with Crippen molar-refractivity contribution >= 4 is 17.7 Å². The molecule has 0 rings (SSSR count). The highest BCUT2D eigenvalue weighted by Crippen LogP contribution is 1.87. The summed E-state index contributed by atoms with van der Waals surface area (Å²) in [6, 6.07) is 1.76. The molecule has 0 saturated carbocycles. The Hall–Kier alpha value is -0.750. The maximum absolute atomic E-state index is 10.0. The Labute approximate surface area is 53.2 Å². The molecule has 3 heteroatoms. The summed E-state index contributed by atoms with van der Waals surface area (Å²) in [4.78, 5) is 10.0. The molecule has 0 aromatic heterocycles. The number of carbonyl (C=O) groups is 1. The summed E-state index contributed by atoms with van der Waals surface area (Å²) >= 11 is 3.47. The van der Waals surface area contributed by atoms with E-state index in [2.05, 4.69) is 12.6 Å². The molecule has 0 N–H and O–H groups in total. The van der Waals surface area contributed by atoms with Crippen LogP contribution in [0.25, 0.3) is 0 Å². The second-order valence-electron chi connectivity index (χ2n) is 1.13. The van der Waals surface area contributed by atoms with Crippen LogP contribution in [0.3, 0.4) is 0 Å². The van der Waals surface area contributed by atoms with Gasteiger partial charge >= 0.3 is 0 Å². The Balaban J connectivity index is 3.34. The summed E-state index contributed by atoms with van der Waals surface area (Å²) in [6.07, 6.45) is 2.96. The molecule has 0 aliphatic rings. The quantitative estimate of drug-likeness (QED) is 0.442. The van der Waals surface area contributed by atoms with Crippen LogP contribution in [0.5, 0.6) is 0 Å². The van der Waals surface area contributed by atoms with Gasteiger partial charge in [0.15, 0.2) is 5.12 Å². The molecular formula is C5H5NOS. The minimum absolute atomic E-state index is 0.225. The number of hydrogen-bond donors (Lipinski definition) is 1. The van der Waals surface area contributed by atoms with E-state index in [9.17, 15) is 4.79 Å². The summed E-state index contributed by atoms with van der Waals surface area (Å²) in [6.45, 7) is 0. The highest BCUT2D eigenvalue weighted by molar-refractivity contribution is 7.96. The maximum atomic E-state index is 10.0. The van der Waals surface area contributed by atoms with Crippen molar-refractivity contribution in [3.8, 4) is 6.07 Å². The predicted molar refractivity (Wildman–Crippen MR) is 33.4 cm³/mol. The fraction of sp³-hybridized carbons (Fsp3) is 0.200. The molecule has 0 aliphatic carbocycles. The zero-order valence-corrected chi connectivity index (χ0v) is 5.06. The fourth-order valence-electron chi connectivity index (χ4n) is 0.212. The minimum atomic E-state index is -0.225. The summed E-state index contributed by atoms with van der Waals surface area (Å²) < 4.78 is 0. The van der Waals surface area contributed by atoms with Gasteiger partial charge in [-0.25, -0.2) is 0 Å². The SMILES string of the molecule is N#CC=CCC(=O)S. The number of carbonyl (C=O) groups excluding carboxylic acids is 1. The number of nitrogens with zero attached hydrogens (tertiary/aromatic N) is 1. The second kappa shape index (κ2) is 4.41. The van der Waals surface area contributed by atoms with E-state index in [-0.39, 0.29) is 11.5 Å². The number of hydrogen-bond acceptors (Lipinski definition) is 2. The molecule has 0 aliphatic heterocycles. The zero-order valence-electron chi connectivity index (χ0n) is 4.16. The van der Waals surface area contributed by atoms with Crippen molar-refractivity contribution in [1.29, 1.82) is 5.26 Å². The Bertz CT molecular complexity index is 145. The van der Waals surface area contributed by atoms with E-state index in [0.29, 0.717) is 0 Å². The van der Waals surface area contributed by atoms with E-state index in [0.717, 1.165) is 0 Å². The number of allylic oxidation sites excluding steroid dienone is 2. The van der Waals surface area contributed by atoms with Crippen LogP contribution in [0.4, 0.5) is 0 Å². The van der Waals surface area contributed by atoms with Gasteiger partial charge in [-0.15, -0.1) is 12.6 Å². The van der Waals surface area contributed by atoms with Crippen LogP contribution in [0.2, 0.25) is 0 Å². The Morgan fingerprint density at radius 1 is 1.88 bits per heavy atom. The lowest BCUT2D eigenvalue weighted by molar-refractivity contribution is -0.110. The summed E-state index contributed by atoms with van der Waals surface area (Å²) in [5.41, 5.74) is 0. The van der Waals surface area contributed by atoms with E-state index < -0.39 is 0 Å². The van der Waals surface area contributed by atoms with Crippen molar-refractivity contribution in [2.45, 2.75) is 6.42 Å². The van der Waals surface area contributed by atoms with Crippen LogP contribution in [0.1, 0.15) is 6.42 Å². The molecule has 0 aromatic rings. The van der Waals surface area contributed by atoms with Crippen molar-refractivity contribution in [2.24, 2.45) is 0 Å². The van der Waals surface area contributed by atoms with Gasteiger partial charge in [-0.1, -0.05) is 6.08 Å². The van der Waals surface area contributed by atoms with E-state index in [4.69, 9.17) is 5.26 Å². The molecule has 0 fully saturated rings. The van der Waals surface area contributed by atoms with Gasteiger partial charge < -0.3 is 0 Å². The van der Waals surface area contributed by atoms with Crippen molar-refractivity contribution in [3.63, 3.8) is 0 Å². The average molecular weight is 127 g/mol. The van der Waals surface area contributed by atoms with Crippen LogP contribution < -0.4 is 0 Å². The third-order valence-corrected chi connectivity index (χ3v) is 0.667. The van der Waals surface area contributed by atoms with Crippen molar-refractivity contribution in [2.75, 3.05) is 0 Å². The van der Waals surface area contributed by atoms with E-state index >= 15 is 0 Å². The van der Waals surface area contributed by atoms with Gasteiger partial charge in [0.1, 0.15) is 0 Å². The van der Waals surface area contributed by atoms with Gasteiger partial charge in [0, 0.05) is 12.5 Å². The topological polar surface area (TPSA) is 40.9 Å². The number of thiol groups is 1. The molecule has 0 amide bonds. The minimum Gasteiger partial charge on any atom is -0.287 e. The molecule has 0 atom stereocenters. The molecule has 42 valence electrons. The highest BCUT2D eigenvalue weighted by atomic mass is 32.1. The Morgan fingerprint density at radius 2 is 2.50 bits per heavy atom.